The molecule has 0 amide bonds. The minimum atomic E-state index is -0.515. The number of aliphatic imine (C=N–C) groups is 1. The summed E-state index contributed by atoms with van der Waals surface area (Å²) in [5.41, 5.74) is 5.06. The van der Waals surface area contributed by atoms with Crippen molar-refractivity contribution in [3.05, 3.63) is 22.5 Å². The van der Waals surface area contributed by atoms with Crippen molar-refractivity contribution in [2.75, 3.05) is 31.7 Å². The minimum absolute atomic E-state index is 0.235. The SMILES string of the molecule is CCOC(=O)c1c(C(=O)OCC)c(CC)n(NC2=NCCN2)c1CC. The lowest BCUT2D eigenvalue weighted by Crippen LogP contribution is -2.34. The van der Waals surface area contributed by atoms with Gasteiger partial charge in [-0.3, -0.25) is 15.1 Å². The number of nitrogens with zero attached hydrogens (tertiary/aromatic N) is 2. The monoisotopic (exact) mass is 350 g/mol. The average molecular weight is 350 g/mol. The van der Waals surface area contributed by atoms with Gasteiger partial charge in [0.25, 0.3) is 0 Å². The first-order chi connectivity index (χ1) is 12.1. The summed E-state index contributed by atoms with van der Waals surface area (Å²) >= 11 is 0. The van der Waals surface area contributed by atoms with Crippen LogP contribution in [0.3, 0.4) is 0 Å². The number of nitrogens with one attached hydrogen (secondary N) is 2. The van der Waals surface area contributed by atoms with E-state index >= 15 is 0 Å². The molecule has 1 aromatic rings. The molecule has 1 aliphatic rings. The van der Waals surface area contributed by atoms with Gasteiger partial charge in [-0.2, -0.15) is 0 Å². The van der Waals surface area contributed by atoms with Crippen LogP contribution in [0, 0.1) is 0 Å². The van der Waals surface area contributed by atoms with E-state index in [4.69, 9.17) is 9.47 Å². The lowest BCUT2D eigenvalue weighted by molar-refractivity contribution is 0.0478. The van der Waals surface area contributed by atoms with Gasteiger partial charge >= 0.3 is 11.9 Å². The van der Waals surface area contributed by atoms with E-state index < -0.39 is 11.9 Å². The van der Waals surface area contributed by atoms with Crippen molar-refractivity contribution >= 4 is 17.9 Å². The molecule has 0 spiro atoms. The van der Waals surface area contributed by atoms with Crippen LogP contribution in [0.5, 0.6) is 0 Å². The highest BCUT2D eigenvalue weighted by atomic mass is 16.5. The van der Waals surface area contributed by atoms with Gasteiger partial charge in [-0.1, -0.05) is 13.8 Å². The number of carbonyl (C=O) groups is 2. The molecule has 0 radical (unpaired) electrons. The van der Waals surface area contributed by atoms with Crippen LogP contribution in [-0.4, -0.2) is 48.9 Å². The first-order valence-electron chi connectivity index (χ1n) is 8.74. The van der Waals surface area contributed by atoms with Crippen molar-refractivity contribution in [3.8, 4) is 0 Å². The fraction of sp³-hybridized carbons (Fsp3) is 0.588. The van der Waals surface area contributed by atoms with Crippen molar-refractivity contribution in [1.82, 2.24) is 9.99 Å². The third-order valence-corrected chi connectivity index (χ3v) is 3.89. The van der Waals surface area contributed by atoms with Gasteiger partial charge in [0.15, 0.2) is 0 Å². The number of hydrogen-bond donors (Lipinski definition) is 2. The molecule has 2 heterocycles. The molecule has 0 aliphatic carbocycles. The van der Waals surface area contributed by atoms with Crippen LogP contribution in [-0.2, 0) is 22.3 Å². The minimum Gasteiger partial charge on any atom is -0.462 e. The van der Waals surface area contributed by atoms with Crippen molar-refractivity contribution in [2.24, 2.45) is 4.99 Å². The highest BCUT2D eigenvalue weighted by Crippen LogP contribution is 2.26. The summed E-state index contributed by atoms with van der Waals surface area (Å²) in [6.07, 6.45) is 1.08. The first-order valence-corrected chi connectivity index (χ1v) is 8.74. The van der Waals surface area contributed by atoms with Crippen LogP contribution in [0.4, 0.5) is 0 Å². The van der Waals surface area contributed by atoms with Crippen LogP contribution >= 0.6 is 0 Å². The Morgan fingerprint density at radius 2 is 1.56 bits per heavy atom. The van der Waals surface area contributed by atoms with Gasteiger partial charge in [0.05, 0.1) is 42.3 Å². The molecule has 2 N–H and O–H groups in total. The standard InChI is InChI=1S/C17H26N4O4/c1-5-11-13(15(22)24-7-3)14(16(23)25-8-4)12(6-2)21(11)20-17-18-9-10-19-17/h5-10H2,1-4H3,(H2,18,19,20). The van der Waals surface area contributed by atoms with Crippen molar-refractivity contribution < 1.29 is 19.1 Å². The molecule has 0 saturated carbocycles. The van der Waals surface area contributed by atoms with Gasteiger partial charge in [0, 0.05) is 6.54 Å². The van der Waals surface area contributed by atoms with E-state index in [1.807, 2.05) is 13.8 Å². The number of rotatable bonds is 7. The van der Waals surface area contributed by atoms with E-state index in [0.29, 0.717) is 36.7 Å². The zero-order valence-electron chi connectivity index (χ0n) is 15.3. The van der Waals surface area contributed by atoms with Gasteiger partial charge in [-0.25, -0.2) is 9.59 Å². The Labute approximate surface area is 147 Å². The van der Waals surface area contributed by atoms with E-state index in [0.717, 1.165) is 6.54 Å². The van der Waals surface area contributed by atoms with Crippen molar-refractivity contribution in [3.63, 3.8) is 0 Å². The molecule has 1 aromatic heterocycles. The summed E-state index contributed by atoms with van der Waals surface area (Å²) in [7, 11) is 0. The molecule has 25 heavy (non-hydrogen) atoms. The van der Waals surface area contributed by atoms with Crippen molar-refractivity contribution in [2.45, 2.75) is 40.5 Å². The average Bonchev–Trinajstić information content (AvgIpc) is 3.20. The highest BCUT2D eigenvalue weighted by Gasteiger charge is 2.32. The quantitative estimate of drug-likeness (QED) is 0.723. The predicted molar refractivity (Wildman–Crippen MR) is 94.8 cm³/mol. The Morgan fingerprint density at radius 1 is 1.04 bits per heavy atom. The maximum absolute atomic E-state index is 12.6. The second-order valence-electron chi connectivity index (χ2n) is 5.40. The van der Waals surface area contributed by atoms with E-state index in [-0.39, 0.29) is 24.3 Å². The molecule has 8 nitrogen and oxygen atoms in total. The third kappa shape index (κ3) is 3.78. The molecule has 2 rings (SSSR count). The van der Waals surface area contributed by atoms with E-state index in [9.17, 15) is 9.59 Å². The summed E-state index contributed by atoms with van der Waals surface area (Å²) in [4.78, 5) is 29.4. The second kappa shape index (κ2) is 8.55. The zero-order valence-corrected chi connectivity index (χ0v) is 15.3. The third-order valence-electron chi connectivity index (χ3n) is 3.89. The molecule has 0 saturated heterocycles. The summed E-state index contributed by atoms with van der Waals surface area (Å²) in [6.45, 7) is 9.23. The summed E-state index contributed by atoms with van der Waals surface area (Å²) in [5.74, 6) is -0.414. The molecule has 0 bridgehead atoms. The van der Waals surface area contributed by atoms with Crippen LogP contribution in [0.25, 0.3) is 0 Å². The summed E-state index contributed by atoms with van der Waals surface area (Å²) in [5, 5.41) is 3.13. The second-order valence-corrected chi connectivity index (χ2v) is 5.40. The number of guanidine groups is 1. The Hall–Kier alpha value is -2.51. The molecular weight excluding hydrogens is 324 g/mol. The summed E-state index contributed by atoms with van der Waals surface area (Å²) in [6, 6.07) is 0. The van der Waals surface area contributed by atoms with Crippen molar-refractivity contribution in [1.29, 1.82) is 0 Å². The fourth-order valence-electron chi connectivity index (χ4n) is 2.90. The molecule has 0 unspecified atom stereocenters. The van der Waals surface area contributed by atoms with Crippen LogP contribution in [0.2, 0.25) is 0 Å². The Bertz CT molecular complexity index is 635. The largest absolute Gasteiger partial charge is 0.462 e. The van der Waals surface area contributed by atoms with Gasteiger partial charge < -0.3 is 14.8 Å². The molecule has 0 aromatic carbocycles. The molecule has 0 fully saturated rings. The van der Waals surface area contributed by atoms with Crippen LogP contribution in [0.15, 0.2) is 4.99 Å². The zero-order chi connectivity index (χ0) is 18.4. The Morgan fingerprint density at radius 3 is 1.92 bits per heavy atom. The predicted octanol–water partition coefficient (Wildman–Crippen LogP) is 1.47. The number of ether oxygens (including phenoxy) is 2. The molecule has 8 heteroatoms. The fourth-order valence-corrected chi connectivity index (χ4v) is 2.90. The van der Waals surface area contributed by atoms with Gasteiger partial charge in [-0.05, 0) is 26.7 Å². The Kier molecular flexibility index (Phi) is 6.44. The molecule has 1 aliphatic heterocycles. The van der Waals surface area contributed by atoms with E-state index in [2.05, 4.69) is 15.7 Å². The number of aromatic nitrogens is 1. The van der Waals surface area contributed by atoms with E-state index in [1.54, 1.807) is 18.5 Å². The van der Waals surface area contributed by atoms with Crippen LogP contribution < -0.4 is 10.7 Å². The number of carbonyl (C=O) groups excluding carboxylic acids is 2. The smallest absolute Gasteiger partial charge is 0.340 e. The number of esters is 2. The maximum Gasteiger partial charge on any atom is 0.340 e. The summed E-state index contributed by atoms with van der Waals surface area (Å²) < 4.78 is 12.1. The van der Waals surface area contributed by atoms with E-state index in [1.165, 1.54) is 0 Å². The van der Waals surface area contributed by atoms with Gasteiger partial charge in [0.1, 0.15) is 0 Å². The number of hydrogen-bond acceptors (Lipinski definition) is 7. The maximum atomic E-state index is 12.6. The lowest BCUT2D eigenvalue weighted by atomic mass is 10.1. The Balaban J connectivity index is 2.62. The first kappa shape index (κ1) is 18.8. The van der Waals surface area contributed by atoms with Crippen LogP contribution in [0.1, 0.15) is 59.8 Å². The topological polar surface area (TPSA) is 94.0 Å². The molecule has 138 valence electrons. The molecule has 0 atom stereocenters. The highest BCUT2D eigenvalue weighted by molar-refractivity contribution is 6.05. The molecular formula is C17H26N4O4. The lowest BCUT2D eigenvalue weighted by Gasteiger charge is -2.15. The van der Waals surface area contributed by atoms with Gasteiger partial charge in [-0.15, -0.1) is 0 Å². The van der Waals surface area contributed by atoms with Gasteiger partial charge in [0.2, 0.25) is 5.96 Å². The normalized spacial score (nSPS) is 13.2.